The average molecular weight is 281 g/mol. The van der Waals surface area contributed by atoms with E-state index in [-0.39, 0.29) is 5.88 Å². The van der Waals surface area contributed by atoms with Gasteiger partial charge in [-0.2, -0.15) is 0 Å². The smallest absolute Gasteiger partial charge is 0.257 e. The summed E-state index contributed by atoms with van der Waals surface area (Å²) in [5, 5.41) is 9.19. The van der Waals surface area contributed by atoms with E-state index in [2.05, 4.69) is 10.6 Å². The van der Waals surface area contributed by atoms with Gasteiger partial charge in [-0.05, 0) is 0 Å². The third-order valence-electron chi connectivity index (χ3n) is 2.13. The quantitative estimate of drug-likeness (QED) is 0.587. The van der Waals surface area contributed by atoms with Gasteiger partial charge in [-0.15, -0.1) is 5.01 Å². The molecule has 1 saturated heterocycles. The standard InChI is InChI=1S/C8H10Cl2N4O3/c9-7(10)8(15)11-6-5-14(12-17-6)13-1-3-16-4-2-13/h5,7H,1-4H2. The van der Waals surface area contributed by atoms with Crippen molar-refractivity contribution in [3.05, 3.63) is 11.5 Å². The van der Waals surface area contributed by atoms with E-state index in [1.165, 1.54) is 11.0 Å². The molecule has 0 unspecified atom stereocenters. The summed E-state index contributed by atoms with van der Waals surface area (Å²) in [6.07, 6.45) is 1.49. The summed E-state index contributed by atoms with van der Waals surface area (Å²) in [6.45, 7) is 2.63. The van der Waals surface area contributed by atoms with Gasteiger partial charge in [0.05, 0.1) is 37.0 Å². The lowest BCUT2D eigenvalue weighted by Crippen LogP contribution is -2.62. The summed E-state index contributed by atoms with van der Waals surface area (Å²) in [4.78, 5) is 11.4. The van der Waals surface area contributed by atoms with Gasteiger partial charge in [0.15, 0.2) is 0 Å². The fourth-order valence-electron chi connectivity index (χ4n) is 1.33. The summed E-state index contributed by atoms with van der Waals surface area (Å²) in [7, 11) is 0. The molecule has 0 spiro atoms. The first-order valence-corrected chi connectivity index (χ1v) is 5.79. The number of carbonyl (C=O) groups excluding carboxylic acids is 1. The van der Waals surface area contributed by atoms with Crippen molar-refractivity contribution in [1.82, 2.24) is 5.27 Å². The molecule has 0 radical (unpaired) electrons. The highest BCUT2D eigenvalue weighted by molar-refractivity contribution is 6.55. The largest absolute Gasteiger partial charge is 0.586 e. The van der Waals surface area contributed by atoms with Crippen LogP contribution >= 0.6 is 23.2 Å². The van der Waals surface area contributed by atoms with Gasteiger partial charge in [-0.25, -0.2) is 0 Å². The zero-order valence-electron chi connectivity index (χ0n) is 8.75. The number of ether oxygens (including phenoxy) is 1. The van der Waals surface area contributed by atoms with Crippen LogP contribution < -0.4 is 9.80 Å². The molecular formula is C8H10Cl2N4O3. The van der Waals surface area contributed by atoms with Gasteiger partial charge in [0.25, 0.3) is 6.20 Å². The maximum atomic E-state index is 11.1. The van der Waals surface area contributed by atoms with Crippen LogP contribution in [0.2, 0.25) is 0 Å². The van der Waals surface area contributed by atoms with Crippen molar-refractivity contribution in [3.8, 4) is 0 Å². The number of carbonyl (C=O) groups is 1. The van der Waals surface area contributed by atoms with Crippen molar-refractivity contribution in [1.29, 1.82) is 0 Å². The molecule has 0 N–H and O–H groups in total. The van der Waals surface area contributed by atoms with Crippen molar-refractivity contribution >= 4 is 35.0 Å². The number of rotatable bonds is 3. The van der Waals surface area contributed by atoms with Crippen LogP contribution in [-0.4, -0.2) is 42.3 Å². The predicted octanol–water partition coefficient (Wildman–Crippen LogP) is 0.266. The Hall–Kier alpha value is -1.05. The van der Waals surface area contributed by atoms with Gasteiger partial charge < -0.3 is 19.4 Å². The van der Waals surface area contributed by atoms with Crippen LogP contribution in [0, 0.1) is 0 Å². The third kappa shape index (κ3) is 3.21. The second-order valence-electron chi connectivity index (χ2n) is 3.28. The van der Waals surface area contributed by atoms with Crippen molar-refractivity contribution in [3.63, 3.8) is 0 Å². The monoisotopic (exact) mass is 280 g/mol. The molecular weight excluding hydrogens is 271 g/mol. The minimum absolute atomic E-state index is 0.0628. The van der Waals surface area contributed by atoms with Gasteiger partial charge >= 0.3 is 0 Å². The molecule has 0 aliphatic carbocycles. The average Bonchev–Trinajstić information content (AvgIpc) is 2.78. The van der Waals surface area contributed by atoms with E-state index in [1.807, 2.05) is 5.01 Å². The van der Waals surface area contributed by atoms with Crippen molar-refractivity contribution in [2.24, 2.45) is 0 Å². The number of hydrogen-bond donors (Lipinski definition) is 0. The van der Waals surface area contributed by atoms with Gasteiger partial charge in [0.1, 0.15) is 10.7 Å². The minimum atomic E-state index is -1.20. The maximum absolute atomic E-state index is 11.1. The lowest BCUT2D eigenvalue weighted by Gasteiger charge is -2.18. The number of alkyl halides is 2. The Bertz CT molecular complexity index is 392. The molecule has 7 nitrogen and oxygen atoms in total. The minimum Gasteiger partial charge on any atom is -0.586 e. The Kier molecular flexibility index (Phi) is 4.03. The van der Waals surface area contributed by atoms with E-state index in [9.17, 15) is 4.79 Å². The zero-order chi connectivity index (χ0) is 12.3. The Morgan fingerprint density at radius 1 is 1.53 bits per heavy atom. The summed E-state index contributed by atoms with van der Waals surface area (Å²) < 4.78 is 10.1. The lowest BCUT2D eigenvalue weighted by molar-refractivity contribution is -0.759. The Labute approximate surface area is 107 Å². The third-order valence-corrected chi connectivity index (χ3v) is 2.50. The van der Waals surface area contributed by atoms with E-state index < -0.39 is 10.7 Å². The van der Waals surface area contributed by atoms with Crippen LogP contribution in [0.5, 0.6) is 0 Å². The van der Waals surface area contributed by atoms with E-state index in [0.717, 1.165) is 0 Å². The molecule has 1 aliphatic heterocycles. The van der Waals surface area contributed by atoms with Gasteiger partial charge in [-0.1, -0.05) is 23.2 Å². The highest BCUT2D eigenvalue weighted by Crippen LogP contribution is 2.19. The molecule has 2 rings (SSSR count). The molecule has 2 heterocycles. The van der Waals surface area contributed by atoms with Crippen molar-refractivity contribution < 1.29 is 18.8 Å². The van der Waals surface area contributed by atoms with Crippen LogP contribution in [0.25, 0.3) is 5.32 Å². The highest BCUT2D eigenvalue weighted by atomic mass is 35.5. The van der Waals surface area contributed by atoms with Gasteiger partial charge in [-0.3, -0.25) is 0 Å². The van der Waals surface area contributed by atoms with Gasteiger partial charge in [0.2, 0.25) is 5.27 Å². The molecule has 1 fully saturated rings. The molecule has 1 aliphatic rings. The van der Waals surface area contributed by atoms with E-state index in [1.54, 1.807) is 0 Å². The van der Waals surface area contributed by atoms with E-state index >= 15 is 0 Å². The molecule has 1 amide bonds. The number of amides is 1. The van der Waals surface area contributed by atoms with Crippen LogP contribution in [0.4, 0.5) is 5.88 Å². The zero-order valence-corrected chi connectivity index (χ0v) is 10.3. The van der Waals surface area contributed by atoms with Gasteiger partial charge in [0, 0.05) is 0 Å². The highest BCUT2D eigenvalue weighted by Gasteiger charge is 2.21. The summed E-state index contributed by atoms with van der Waals surface area (Å²) >= 11 is 10.7. The van der Waals surface area contributed by atoms with Crippen molar-refractivity contribution in [2.45, 2.75) is 4.84 Å². The Balaban J connectivity index is 1.97. The first kappa shape index (κ1) is 12.4. The second-order valence-corrected chi connectivity index (χ2v) is 4.37. The summed E-state index contributed by atoms with van der Waals surface area (Å²) in [5.74, 6) is -0.619. The summed E-state index contributed by atoms with van der Waals surface area (Å²) in [6, 6.07) is 0. The van der Waals surface area contributed by atoms with Crippen molar-refractivity contribution in [2.75, 3.05) is 31.3 Å². The number of halogens is 2. The lowest BCUT2D eigenvalue weighted by atomic mass is 10.5. The molecule has 94 valence electrons. The number of aromatic nitrogens is 2. The maximum Gasteiger partial charge on any atom is 0.257 e. The normalized spacial score (nSPS) is 16.3. The molecule has 1 aromatic rings. The number of hydrogen-bond acceptors (Lipinski definition) is 5. The summed E-state index contributed by atoms with van der Waals surface area (Å²) in [5.41, 5.74) is 0. The number of morpholine rings is 1. The second kappa shape index (κ2) is 5.52. The molecule has 0 bridgehead atoms. The Morgan fingerprint density at radius 3 is 2.88 bits per heavy atom. The molecule has 0 aromatic carbocycles. The van der Waals surface area contributed by atoms with Crippen LogP contribution in [0.1, 0.15) is 0 Å². The Morgan fingerprint density at radius 2 is 2.24 bits per heavy atom. The topological polar surface area (TPSA) is 73.6 Å². The molecule has 17 heavy (non-hydrogen) atoms. The molecule has 1 aromatic heterocycles. The van der Waals surface area contributed by atoms with E-state index in [0.29, 0.717) is 26.3 Å². The fourth-order valence-corrected chi connectivity index (χ4v) is 1.43. The van der Waals surface area contributed by atoms with E-state index in [4.69, 9.17) is 32.5 Å². The fraction of sp³-hybridized carbons (Fsp3) is 0.625. The molecule has 9 heteroatoms. The SMILES string of the molecule is O=C([N-]c1c[n+](N2CCOCC2)no1)C(Cl)Cl. The van der Waals surface area contributed by atoms with Crippen LogP contribution in [0.3, 0.4) is 0 Å². The number of nitrogens with zero attached hydrogens (tertiary/aromatic N) is 4. The van der Waals surface area contributed by atoms with Crippen LogP contribution in [0.15, 0.2) is 10.7 Å². The first-order valence-electron chi connectivity index (χ1n) is 4.92. The first-order chi connectivity index (χ1) is 8.16. The molecule has 0 saturated carbocycles. The predicted molar refractivity (Wildman–Crippen MR) is 59.0 cm³/mol. The molecule has 0 atom stereocenters. The van der Waals surface area contributed by atoms with Crippen LogP contribution in [-0.2, 0) is 9.53 Å².